The van der Waals surface area contributed by atoms with Crippen molar-refractivity contribution in [2.75, 3.05) is 0 Å². The summed E-state index contributed by atoms with van der Waals surface area (Å²) in [4.78, 5) is -0.958. The van der Waals surface area contributed by atoms with Gasteiger partial charge >= 0.3 is 12.4 Å². The summed E-state index contributed by atoms with van der Waals surface area (Å²) in [7, 11) is -4.56. The normalized spacial score (nSPS) is 13.6. The molecule has 0 saturated carbocycles. The first-order valence-electron chi connectivity index (χ1n) is 5.12. The van der Waals surface area contributed by atoms with Crippen LogP contribution in [-0.2, 0) is 28.8 Å². The number of aryl methyl sites for hydroxylation is 1. The van der Waals surface area contributed by atoms with Gasteiger partial charge in [-0.05, 0) is 24.1 Å². The first kappa shape index (κ1) is 16.8. The number of benzene rings is 1. The third-order valence-electron chi connectivity index (χ3n) is 2.50. The highest BCUT2D eigenvalue weighted by Gasteiger charge is 2.44. The minimum absolute atomic E-state index is 0.0724. The van der Waals surface area contributed by atoms with Gasteiger partial charge in [0, 0.05) is 0 Å². The van der Waals surface area contributed by atoms with E-state index in [4.69, 9.17) is 5.14 Å². The molecule has 0 aromatic heterocycles. The van der Waals surface area contributed by atoms with Crippen LogP contribution in [0.3, 0.4) is 0 Å². The van der Waals surface area contributed by atoms with Crippen LogP contribution in [0.2, 0.25) is 0 Å². The van der Waals surface area contributed by atoms with Gasteiger partial charge in [0.2, 0.25) is 10.0 Å². The summed E-state index contributed by atoms with van der Waals surface area (Å²) in [6, 6.07) is 0.0968. The monoisotopic (exact) mass is 321 g/mol. The van der Waals surface area contributed by atoms with E-state index in [2.05, 4.69) is 0 Å². The number of primary sulfonamides is 1. The highest BCUT2D eigenvalue weighted by atomic mass is 32.2. The molecule has 0 radical (unpaired) electrons. The maximum absolute atomic E-state index is 12.6. The largest absolute Gasteiger partial charge is 0.417 e. The minimum atomic E-state index is -5.35. The van der Waals surface area contributed by atoms with E-state index in [1.807, 2.05) is 0 Å². The van der Waals surface area contributed by atoms with Gasteiger partial charge in [-0.1, -0.05) is 6.92 Å². The summed E-state index contributed by atoms with van der Waals surface area (Å²) < 4.78 is 98.2. The lowest BCUT2D eigenvalue weighted by molar-refractivity contribution is -0.162. The zero-order chi connectivity index (χ0) is 15.9. The number of hydrogen-bond donors (Lipinski definition) is 1. The molecule has 0 unspecified atom stereocenters. The molecule has 0 saturated heterocycles. The average molecular weight is 321 g/mol. The van der Waals surface area contributed by atoms with Gasteiger partial charge in [0.1, 0.15) is 0 Å². The van der Waals surface area contributed by atoms with Crippen LogP contribution in [0.4, 0.5) is 26.3 Å². The Morgan fingerprint density at radius 3 is 1.70 bits per heavy atom. The smallest absolute Gasteiger partial charge is 0.225 e. The summed E-state index contributed by atoms with van der Waals surface area (Å²) in [5, 5.41) is 4.73. The fraction of sp³-hybridized carbons (Fsp3) is 0.400. The van der Waals surface area contributed by atoms with E-state index >= 15 is 0 Å². The summed E-state index contributed by atoms with van der Waals surface area (Å²) in [6.07, 6.45) is -10.8. The molecule has 0 aliphatic carbocycles. The number of halogens is 6. The van der Waals surface area contributed by atoms with E-state index in [0.717, 1.165) is 0 Å². The predicted molar refractivity (Wildman–Crippen MR) is 57.2 cm³/mol. The Bertz CT molecular complexity index is 618. The Morgan fingerprint density at radius 2 is 1.40 bits per heavy atom. The van der Waals surface area contributed by atoms with E-state index in [9.17, 15) is 34.8 Å². The van der Waals surface area contributed by atoms with Gasteiger partial charge in [0.15, 0.2) is 0 Å². The molecular weight excluding hydrogens is 312 g/mol. The van der Waals surface area contributed by atoms with Gasteiger partial charge in [0.05, 0.1) is 16.0 Å². The molecule has 0 atom stereocenters. The Labute approximate surface area is 110 Å². The van der Waals surface area contributed by atoms with E-state index in [-0.39, 0.29) is 18.6 Å². The molecule has 1 aromatic carbocycles. The van der Waals surface area contributed by atoms with Crippen LogP contribution < -0.4 is 5.14 Å². The van der Waals surface area contributed by atoms with E-state index in [1.54, 1.807) is 0 Å². The molecule has 1 rings (SSSR count). The van der Waals surface area contributed by atoms with Crippen molar-refractivity contribution in [3.8, 4) is 0 Å². The zero-order valence-electron chi connectivity index (χ0n) is 9.93. The maximum atomic E-state index is 12.6. The molecule has 0 spiro atoms. The average Bonchev–Trinajstić information content (AvgIpc) is 2.23. The fourth-order valence-electron chi connectivity index (χ4n) is 1.63. The van der Waals surface area contributed by atoms with Gasteiger partial charge in [-0.2, -0.15) is 26.3 Å². The molecule has 20 heavy (non-hydrogen) atoms. The number of nitrogens with two attached hydrogens (primary N) is 1. The van der Waals surface area contributed by atoms with Crippen molar-refractivity contribution in [2.45, 2.75) is 30.6 Å². The van der Waals surface area contributed by atoms with Crippen molar-refractivity contribution >= 4 is 10.0 Å². The lowest BCUT2D eigenvalue weighted by atomic mass is 10.0. The molecule has 0 heterocycles. The number of rotatable bonds is 2. The predicted octanol–water partition coefficient (Wildman–Crippen LogP) is 2.93. The standard InChI is InChI=1S/C10H9F6NO2S/c1-2-5-3-6(9(11,12)13)7(10(14,15)16)4-8(5)20(17,18)19/h3-4H,2H2,1H3,(H2,17,18,19). The quantitative estimate of drug-likeness (QED) is 0.852. The summed E-state index contributed by atoms with van der Waals surface area (Å²) in [5.74, 6) is 0. The van der Waals surface area contributed by atoms with Gasteiger partial charge < -0.3 is 0 Å². The molecule has 114 valence electrons. The lowest BCUT2D eigenvalue weighted by Crippen LogP contribution is -2.21. The minimum Gasteiger partial charge on any atom is -0.225 e. The molecule has 0 aliphatic heterocycles. The van der Waals surface area contributed by atoms with Crippen molar-refractivity contribution in [3.05, 3.63) is 28.8 Å². The van der Waals surface area contributed by atoms with Crippen molar-refractivity contribution in [2.24, 2.45) is 5.14 Å². The number of sulfonamides is 1. The highest BCUT2D eigenvalue weighted by Crippen LogP contribution is 2.42. The molecule has 0 bridgehead atoms. The number of hydrogen-bond acceptors (Lipinski definition) is 2. The molecule has 1 aromatic rings. The Kier molecular flexibility index (Phi) is 4.12. The summed E-state index contributed by atoms with van der Waals surface area (Å²) in [6.45, 7) is 1.30. The molecule has 0 aliphatic rings. The lowest BCUT2D eigenvalue weighted by Gasteiger charge is -2.18. The molecule has 0 amide bonds. The van der Waals surface area contributed by atoms with Gasteiger partial charge in [-0.15, -0.1) is 0 Å². The topological polar surface area (TPSA) is 60.2 Å². The third-order valence-corrected chi connectivity index (χ3v) is 3.49. The van der Waals surface area contributed by atoms with Crippen molar-refractivity contribution in [1.82, 2.24) is 0 Å². The number of alkyl halides is 6. The Hall–Kier alpha value is -1.29. The summed E-state index contributed by atoms with van der Waals surface area (Å²) in [5.41, 5.74) is -4.44. The maximum Gasteiger partial charge on any atom is 0.417 e. The van der Waals surface area contributed by atoms with Crippen LogP contribution in [-0.4, -0.2) is 8.42 Å². The third kappa shape index (κ3) is 3.42. The molecule has 0 fully saturated rings. The summed E-state index contributed by atoms with van der Waals surface area (Å²) >= 11 is 0. The highest BCUT2D eigenvalue weighted by molar-refractivity contribution is 7.89. The van der Waals surface area contributed by atoms with Crippen LogP contribution >= 0.6 is 0 Å². The van der Waals surface area contributed by atoms with Gasteiger partial charge in [0.25, 0.3) is 0 Å². The molecule has 2 N–H and O–H groups in total. The second-order valence-corrected chi connectivity index (χ2v) is 5.43. The van der Waals surface area contributed by atoms with Gasteiger partial charge in [-0.3, -0.25) is 0 Å². The first-order chi connectivity index (χ1) is 8.78. The van der Waals surface area contributed by atoms with E-state index in [0.29, 0.717) is 0 Å². The van der Waals surface area contributed by atoms with Crippen LogP contribution in [0.1, 0.15) is 23.6 Å². The van der Waals surface area contributed by atoms with Crippen molar-refractivity contribution in [3.63, 3.8) is 0 Å². The van der Waals surface area contributed by atoms with E-state index < -0.39 is 44.0 Å². The molecule has 10 heteroatoms. The second-order valence-electron chi connectivity index (χ2n) is 3.90. The van der Waals surface area contributed by atoms with Crippen LogP contribution in [0, 0.1) is 0 Å². The van der Waals surface area contributed by atoms with Crippen LogP contribution in [0.15, 0.2) is 17.0 Å². The van der Waals surface area contributed by atoms with Crippen LogP contribution in [0.5, 0.6) is 0 Å². The van der Waals surface area contributed by atoms with Crippen molar-refractivity contribution in [1.29, 1.82) is 0 Å². The SMILES string of the molecule is CCc1cc(C(F)(F)F)c(C(F)(F)F)cc1S(N)(=O)=O. The Morgan fingerprint density at radius 1 is 1.00 bits per heavy atom. The first-order valence-corrected chi connectivity index (χ1v) is 6.67. The molecule has 3 nitrogen and oxygen atoms in total. The fourth-order valence-corrected chi connectivity index (χ4v) is 2.49. The second kappa shape index (κ2) is 4.92. The van der Waals surface area contributed by atoms with Crippen molar-refractivity contribution < 1.29 is 34.8 Å². The molecular formula is C10H9F6NO2S. The van der Waals surface area contributed by atoms with Gasteiger partial charge in [-0.25, -0.2) is 13.6 Å². The zero-order valence-corrected chi connectivity index (χ0v) is 10.7. The van der Waals surface area contributed by atoms with E-state index in [1.165, 1.54) is 6.92 Å². The Balaban J connectivity index is 3.81. The van der Waals surface area contributed by atoms with Crippen LogP contribution in [0.25, 0.3) is 0 Å².